The van der Waals surface area contributed by atoms with Crippen LogP contribution in [-0.2, 0) is 4.79 Å². The minimum absolute atomic E-state index is 0.0128. The lowest BCUT2D eigenvalue weighted by Crippen LogP contribution is -2.40. The number of hydrogen-bond acceptors (Lipinski definition) is 1. The number of benzene rings is 1. The standard InChI is InChI=1S/C17H26FNO/c1-7-13(3)19(16(20)11-17(4,5)6)15-10-12(2)8-9-14(15)18/h8-10,13H,7,11H2,1-6H3. The highest BCUT2D eigenvalue weighted by Gasteiger charge is 2.27. The Morgan fingerprint density at radius 3 is 2.45 bits per heavy atom. The topological polar surface area (TPSA) is 20.3 Å². The summed E-state index contributed by atoms with van der Waals surface area (Å²) in [6.45, 7) is 11.9. The summed E-state index contributed by atoms with van der Waals surface area (Å²) in [5.74, 6) is -0.352. The number of hydrogen-bond donors (Lipinski definition) is 0. The molecule has 1 atom stereocenters. The van der Waals surface area contributed by atoms with Gasteiger partial charge in [-0.25, -0.2) is 4.39 Å². The fourth-order valence-electron chi connectivity index (χ4n) is 2.15. The van der Waals surface area contributed by atoms with E-state index in [-0.39, 0.29) is 23.2 Å². The van der Waals surface area contributed by atoms with Gasteiger partial charge in [-0.3, -0.25) is 4.79 Å². The third-order valence-electron chi connectivity index (χ3n) is 3.34. The molecule has 0 fully saturated rings. The van der Waals surface area contributed by atoms with Gasteiger partial charge in [0.15, 0.2) is 0 Å². The Morgan fingerprint density at radius 1 is 1.35 bits per heavy atom. The van der Waals surface area contributed by atoms with Crippen molar-refractivity contribution in [1.29, 1.82) is 0 Å². The van der Waals surface area contributed by atoms with Crippen LogP contribution in [0.3, 0.4) is 0 Å². The first kappa shape index (κ1) is 16.7. The number of nitrogens with zero attached hydrogens (tertiary/aromatic N) is 1. The van der Waals surface area contributed by atoms with E-state index in [1.807, 2.05) is 41.5 Å². The van der Waals surface area contributed by atoms with E-state index in [4.69, 9.17) is 0 Å². The summed E-state index contributed by atoms with van der Waals surface area (Å²) in [4.78, 5) is 14.2. The summed E-state index contributed by atoms with van der Waals surface area (Å²) in [5.41, 5.74) is 1.25. The van der Waals surface area contributed by atoms with Crippen LogP contribution in [0.15, 0.2) is 18.2 Å². The molecule has 0 saturated carbocycles. The van der Waals surface area contributed by atoms with Gasteiger partial charge in [-0.1, -0.05) is 33.8 Å². The van der Waals surface area contributed by atoms with E-state index in [2.05, 4.69) is 0 Å². The summed E-state index contributed by atoms with van der Waals surface area (Å²) in [6.07, 6.45) is 1.20. The molecule has 1 amide bonds. The van der Waals surface area contributed by atoms with Crippen molar-refractivity contribution in [3.63, 3.8) is 0 Å². The number of rotatable bonds is 4. The molecule has 1 aromatic rings. The molecule has 112 valence electrons. The predicted molar refractivity (Wildman–Crippen MR) is 82.4 cm³/mol. The van der Waals surface area contributed by atoms with E-state index in [0.717, 1.165) is 12.0 Å². The van der Waals surface area contributed by atoms with Gasteiger partial charge in [0.1, 0.15) is 5.82 Å². The van der Waals surface area contributed by atoms with Gasteiger partial charge in [0.25, 0.3) is 0 Å². The summed E-state index contributed by atoms with van der Waals surface area (Å²) in [5, 5.41) is 0. The zero-order chi connectivity index (χ0) is 15.5. The summed E-state index contributed by atoms with van der Waals surface area (Å²) >= 11 is 0. The maximum atomic E-state index is 14.1. The maximum absolute atomic E-state index is 14.1. The van der Waals surface area contributed by atoms with Crippen LogP contribution < -0.4 is 4.90 Å². The fraction of sp³-hybridized carbons (Fsp3) is 0.588. The highest BCUT2D eigenvalue weighted by atomic mass is 19.1. The van der Waals surface area contributed by atoms with Crippen LogP contribution >= 0.6 is 0 Å². The molecule has 0 saturated heterocycles. The third-order valence-corrected chi connectivity index (χ3v) is 3.34. The smallest absolute Gasteiger partial charge is 0.227 e. The van der Waals surface area contributed by atoms with Gasteiger partial charge in [0.05, 0.1) is 5.69 Å². The van der Waals surface area contributed by atoms with Gasteiger partial charge >= 0.3 is 0 Å². The Balaban J connectivity index is 3.19. The Hall–Kier alpha value is -1.38. The monoisotopic (exact) mass is 279 g/mol. The third kappa shape index (κ3) is 4.32. The second-order valence-corrected chi connectivity index (χ2v) is 6.71. The Morgan fingerprint density at radius 2 is 1.95 bits per heavy atom. The lowest BCUT2D eigenvalue weighted by Gasteiger charge is -2.32. The van der Waals surface area contributed by atoms with E-state index in [1.54, 1.807) is 17.0 Å². The number of halogens is 1. The Bertz CT molecular complexity index is 476. The molecule has 0 heterocycles. The quantitative estimate of drug-likeness (QED) is 0.782. The lowest BCUT2D eigenvalue weighted by molar-refractivity contribution is -0.120. The first-order chi connectivity index (χ1) is 9.15. The summed E-state index contributed by atoms with van der Waals surface area (Å²) in [7, 11) is 0. The van der Waals surface area contributed by atoms with E-state index >= 15 is 0 Å². The molecule has 2 nitrogen and oxygen atoms in total. The van der Waals surface area contributed by atoms with E-state index < -0.39 is 0 Å². The molecule has 0 aliphatic carbocycles. The van der Waals surface area contributed by atoms with Crippen molar-refractivity contribution in [2.24, 2.45) is 5.41 Å². The molecule has 0 radical (unpaired) electrons. The molecular weight excluding hydrogens is 253 g/mol. The van der Waals surface area contributed by atoms with Gasteiger partial charge < -0.3 is 4.90 Å². The average molecular weight is 279 g/mol. The largest absolute Gasteiger partial charge is 0.307 e. The first-order valence-corrected chi connectivity index (χ1v) is 7.24. The van der Waals surface area contributed by atoms with Crippen LogP contribution in [0.2, 0.25) is 0 Å². The van der Waals surface area contributed by atoms with Crippen LogP contribution in [0.25, 0.3) is 0 Å². The maximum Gasteiger partial charge on any atom is 0.227 e. The van der Waals surface area contributed by atoms with Crippen molar-refractivity contribution in [3.8, 4) is 0 Å². The van der Waals surface area contributed by atoms with Crippen LogP contribution in [-0.4, -0.2) is 11.9 Å². The molecule has 0 aliphatic heterocycles. The molecule has 20 heavy (non-hydrogen) atoms. The van der Waals surface area contributed by atoms with E-state index in [1.165, 1.54) is 6.07 Å². The van der Waals surface area contributed by atoms with Crippen molar-refractivity contribution >= 4 is 11.6 Å². The molecule has 0 bridgehead atoms. The van der Waals surface area contributed by atoms with Crippen molar-refractivity contribution in [2.45, 2.75) is 60.4 Å². The minimum atomic E-state index is -0.335. The van der Waals surface area contributed by atoms with Gasteiger partial charge in [-0.05, 0) is 43.4 Å². The SMILES string of the molecule is CCC(C)N(C(=O)CC(C)(C)C)c1cc(C)ccc1F. The lowest BCUT2D eigenvalue weighted by atomic mass is 9.91. The van der Waals surface area contributed by atoms with Crippen LogP contribution in [0.1, 0.15) is 53.0 Å². The average Bonchev–Trinajstić information content (AvgIpc) is 2.31. The zero-order valence-electron chi connectivity index (χ0n) is 13.5. The van der Waals surface area contributed by atoms with Crippen LogP contribution in [0.4, 0.5) is 10.1 Å². The molecule has 0 aromatic heterocycles. The first-order valence-electron chi connectivity index (χ1n) is 7.24. The van der Waals surface area contributed by atoms with Gasteiger partial charge in [0.2, 0.25) is 5.91 Å². The second kappa shape index (κ2) is 6.38. The number of anilines is 1. The molecular formula is C17H26FNO. The minimum Gasteiger partial charge on any atom is -0.307 e. The number of amides is 1. The van der Waals surface area contributed by atoms with Crippen LogP contribution in [0, 0.1) is 18.2 Å². The molecule has 3 heteroatoms. The summed E-state index contributed by atoms with van der Waals surface area (Å²) < 4.78 is 14.1. The highest BCUT2D eigenvalue weighted by molar-refractivity contribution is 5.94. The number of carbonyl (C=O) groups is 1. The number of carbonyl (C=O) groups excluding carboxylic acids is 1. The molecule has 1 rings (SSSR count). The predicted octanol–water partition coefficient (Wildman–Crippen LogP) is 4.70. The zero-order valence-corrected chi connectivity index (χ0v) is 13.5. The molecule has 0 aliphatic rings. The van der Waals surface area contributed by atoms with Crippen LogP contribution in [0.5, 0.6) is 0 Å². The van der Waals surface area contributed by atoms with Gasteiger partial charge in [-0.2, -0.15) is 0 Å². The molecule has 0 spiro atoms. The Labute approximate surface area is 122 Å². The molecule has 1 unspecified atom stereocenters. The normalized spacial score (nSPS) is 13.2. The Kier molecular flexibility index (Phi) is 5.32. The van der Waals surface area contributed by atoms with Gasteiger partial charge in [-0.15, -0.1) is 0 Å². The van der Waals surface area contributed by atoms with Crippen molar-refractivity contribution in [2.75, 3.05) is 4.90 Å². The van der Waals surface area contributed by atoms with Crippen molar-refractivity contribution < 1.29 is 9.18 Å². The number of aryl methyl sites for hydroxylation is 1. The van der Waals surface area contributed by atoms with Crippen molar-refractivity contribution in [1.82, 2.24) is 0 Å². The molecule has 0 N–H and O–H groups in total. The van der Waals surface area contributed by atoms with E-state index in [9.17, 15) is 9.18 Å². The highest BCUT2D eigenvalue weighted by Crippen LogP contribution is 2.28. The fourth-order valence-corrected chi connectivity index (χ4v) is 2.15. The molecule has 1 aromatic carbocycles. The van der Waals surface area contributed by atoms with Gasteiger partial charge in [0, 0.05) is 12.5 Å². The van der Waals surface area contributed by atoms with E-state index in [0.29, 0.717) is 12.1 Å². The van der Waals surface area contributed by atoms with Crippen molar-refractivity contribution in [3.05, 3.63) is 29.6 Å². The second-order valence-electron chi connectivity index (χ2n) is 6.71. The summed E-state index contributed by atoms with van der Waals surface area (Å²) in [6, 6.07) is 4.90.